The van der Waals surface area contributed by atoms with Gasteiger partial charge in [-0.15, -0.1) is 0 Å². The number of unbranched alkanes of at least 4 members (excludes halogenated alkanes) is 20. The Labute approximate surface area is 870 Å². The highest BCUT2D eigenvalue weighted by molar-refractivity contribution is 8.00. The number of rotatable bonds is 40. The van der Waals surface area contributed by atoms with E-state index in [1.165, 1.54) is 261 Å². The third-order valence-corrected chi connectivity index (χ3v) is 33.4. The fourth-order valence-corrected chi connectivity index (χ4v) is 25.8. The molecule has 6 aliphatic heterocycles. The van der Waals surface area contributed by atoms with E-state index in [2.05, 4.69) is 421 Å². The minimum Gasteiger partial charge on any atom is -0.354 e. The highest BCUT2D eigenvalue weighted by Gasteiger charge is 2.30. The zero-order chi connectivity index (χ0) is 97.3. The minimum atomic E-state index is 0.857. The van der Waals surface area contributed by atoms with E-state index >= 15 is 0 Å². The van der Waals surface area contributed by atoms with Crippen LogP contribution in [-0.2, 0) is 0 Å². The maximum absolute atomic E-state index is 5.87. The van der Waals surface area contributed by atoms with Crippen molar-refractivity contribution >= 4 is 188 Å². The van der Waals surface area contributed by atoms with Crippen molar-refractivity contribution in [1.82, 2.24) is 19.9 Å². The quantitative estimate of drug-likeness (QED) is 0.0287. The maximum Gasteiger partial charge on any atom is 0.0737 e. The van der Waals surface area contributed by atoms with Crippen molar-refractivity contribution in [1.29, 1.82) is 0 Å². The molecule has 0 saturated carbocycles. The van der Waals surface area contributed by atoms with E-state index in [0.717, 1.165) is 138 Å². The standard InChI is InChI=1S/C132H130N8S4/c1-5-9-13-17-21-33-85-137-113-37-25-29-41-121(113)141-125-89-97(61-81-117(125)137)49-45-93-53-65-101(66-54-93)129-105-73-75-107(133-105)130(102-67-55-94(56-68-102)46-50-98-62-82-118-126(90-98)142-122-42-30-26-38-114(122)138(118)86-34-22-18-14-10-6-2)109-77-79-111(135-109)132(104-71-59-96(60-72-104)48-52-100-64-84-120-128(92-100)144-124-44-32-28-40-116(124)140(120)88-36-24-20-16-12-8-4)112-80-78-110(136-112)131(108-76-74-106(129)134-108)103-69-57-95(58-70-103)47-51-99-63-83-119-127(91-99)143-123-43-31-27-39-115(123)139(119)87-35-23-19-15-11-7-3/h25-32,37-84,89-92,133,136H,5-24,33-36,85-88H2,1-4H3/b49-45+,50-46+,51-47+,52-48+,129-105?,129-106?,130-107?,130-109?,131-108?,131-110?,132-111?,132-112?. The molecule has 12 aromatic carbocycles. The van der Waals surface area contributed by atoms with Gasteiger partial charge in [0.05, 0.1) is 68.3 Å². The fraction of sp³-hybridized carbons (Fsp3) is 0.242. The zero-order valence-corrected chi connectivity index (χ0v) is 87.0. The number of hydrogen-bond donors (Lipinski definition) is 2. The lowest BCUT2D eigenvalue weighted by Crippen LogP contribution is -2.22. The predicted octanol–water partition coefficient (Wildman–Crippen LogP) is 39.9. The highest BCUT2D eigenvalue weighted by atomic mass is 32.2. The van der Waals surface area contributed by atoms with Gasteiger partial charge in [0.15, 0.2) is 0 Å². The minimum absolute atomic E-state index is 0.857. The molecule has 0 saturated heterocycles. The van der Waals surface area contributed by atoms with Crippen LogP contribution in [0.1, 0.15) is 249 Å². The Balaban J connectivity index is 0.656. The van der Waals surface area contributed by atoms with Crippen LogP contribution in [0.2, 0.25) is 0 Å². The molecule has 0 aliphatic carbocycles. The molecule has 0 radical (unpaired) electrons. The van der Waals surface area contributed by atoms with Crippen LogP contribution >= 0.6 is 47.0 Å². The second-order valence-electron chi connectivity index (χ2n) is 39.2. The third kappa shape index (κ3) is 22.3. The summed E-state index contributed by atoms with van der Waals surface area (Å²) >= 11 is 7.55. The van der Waals surface area contributed by atoms with Crippen molar-refractivity contribution in [2.75, 3.05) is 45.8 Å². The van der Waals surface area contributed by atoms with Crippen molar-refractivity contribution in [3.63, 3.8) is 0 Å². The monoisotopic (exact) mass is 1950 g/mol. The average molecular weight is 1960 g/mol. The Morgan fingerprint density at radius 3 is 0.625 bits per heavy atom. The van der Waals surface area contributed by atoms with E-state index in [-0.39, 0.29) is 0 Å². The smallest absolute Gasteiger partial charge is 0.0737 e. The van der Waals surface area contributed by atoms with Gasteiger partial charge in [0, 0.05) is 110 Å². The van der Waals surface area contributed by atoms with Crippen LogP contribution in [0.3, 0.4) is 0 Å². The first-order valence-corrected chi connectivity index (χ1v) is 56.5. The molecule has 9 heterocycles. The van der Waals surface area contributed by atoms with Gasteiger partial charge in [-0.2, -0.15) is 0 Å². The summed E-state index contributed by atoms with van der Waals surface area (Å²) in [7, 11) is 0. The molecule has 3 aromatic heterocycles. The molecule has 0 fully saturated rings. The van der Waals surface area contributed by atoms with E-state index in [4.69, 9.17) is 9.97 Å². The molecule has 722 valence electrons. The van der Waals surface area contributed by atoms with Crippen LogP contribution in [0, 0.1) is 0 Å². The van der Waals surface area contributed by atoms with Gasteiger partial charge in [0.2, 0.25) is 0 Å². The molecule has 15 aromatic rings. The van der Waals surface area contributed by atoms with Crippen molar-refractivity contribution in [3.8, 4) is 44.5 Å². The largest absolute Gasteiger partial charge is 0.354 e. The summed E-state index contributed by atoms with van der Waals surface area (Å²) in [5, 5.41) is 0. The topological polar surface area (TPSA) is 70.3 Å². The van der Waals surface area contributed by atoms with Crippen LogP contribution in [0.15, 0.2) is 330 Å². The number of H-pyrrole nitrogens is 2. The number of aromatic amines is 2. The number of nitrogens with zero attached hydrogens (tertiary/aromatic N) is 6. The third-order valence-electron chi connectivity index (χ3n) is 29.0. The SMILES string of the molecule is CCCCCCCCN1c2ccccc2Sc2cc(/C=C/c3ccc(-c4c5nc(c(-c6ccc(/C=C/c7ccc8c(c7)Sc7ccccc7N8CCCCCCCC)cc6)c6ccc([nH]6)c(-c6ccc(/C=C/c7ccc8c(c7)Sc7ccccc7N8CCCCCCCC)cc6)c6nc(c(-c7ccc(/C=C/c8ccc9c(c8)Sc8ccccc8N9CCCCCCCC)cc7)c7ccc4[nH]7)C=C6)C=C5)cc3)ccc21. The zero-order valence-electron chi connectivity index (χ0n) is 83.8. The summed E-state index contributed by atoms with van der Waals surface area (Å²) in [6.07, 6.45) is 57.5. The van der Waals surface area contributed by atoms with E-state index in [0.29, 0.717) is 0 Å². The van der Waals surface area contributed by atoms with Gasteiger partial charge >= 0.3 is 0 Å². The summed E-state index contributed by atoms with van der Waals surface area (Å²) in [5.41, 5.74) is 34.9. The second-order valence-corrected chi connectivity index (χ2v) is 43.5. The number of benzene rings is 12. The summed E-state index contributed by atoms with van der Waals surface area (Å²) in [6.45, 7) is 13.2. The molecule has 12 heteroatoms. The van der Waals surface area contributed by atoms with E-state index < -0.39 is 0 Å². The molecule has 144 heavy (non-hydrogen) atoms. The molecule has 0 spiro atoms. The molecule has 2 N–H and O–H groups in total. The van der Waals surface area contributed by atoms with E-state index in [1.54, 1.807) is 0 Å². The first kappa shape index (κ1) is 96.9. The normalized spacial score (nSPS) is 13.3. The Bertz CT molecular complexity index is 6600. The number of nitrogens with one attached hydrogen (secondary N) is 2. The Hall–Kier alpha value is -13.2. The van der Waals surface area contributed by atoms with Crippen LogP contribution in [0.4, 0.5) is 45.5 Å². The van der Waals surface area contributed by atoms with Crippen molar-refractivity contribution in [2.24, 2.45) is 0 Å². The van der Waals surface area contributed by atoms with Gasteiger partial charge in [-0.25, -0.2) is 9.97 Å². The predicted molar refractivity (Wildman–Crippen MR) is 626 cm³/mol. The molecule has 0 atom stereocenters. The highest BCUT2D eigenvalue weighted by Crippen LogP contribution is 2.54. The maximum atomic E-state index is 5.87. The average Bonchev–Trinajstić information content (AvgIpc) is 1.44. The van der Waals surface area contributed by atoms with Gasteiger partial charge in [-0.3, -0.25) is 0 Å². The number of fused-ring (bicyclic) bond motifs is 16. The van der Waals surface area contributed by atoms with Gasteiger partial charge in [-0.05, 0) is 238 Å². The molecule has 21 rings (SSSR count). The summed E-state index contributed by atoms with van der Waals surface area (Å²) in [4.78, 5) is 40.6. The molecular weight excluding hydrogens is 1830 g/mol. The molecular formula is C132H130N8S4. The lowest BCUT2D eigenvalue weighted by Gasteiger charge is -2.33. The lowest BCUT2D eigenvalue weighted by molar-refractivity contribution is 0.608. The van der Waals surface area contributed by atoms with Crippen molar-refractivity contribution < 1.29 is 0 Å². The number of para-hydroxylation sites is 4. The summed E-state index contributed by atoms with van der Waals surface area (Å²) < 4.78 is 0. The van der Waals surface area contributed by atoms with Gasteiger partial charge in [-0.1, -0.05) is 422 Å². The van der Waals surface area contributed by atoms with Crippen molar-refractivity contribution in [2.45, 2.75) is 221 Å². The Morgan fingerprint density at radius 1 is 0.201 bits per heavy atom. The second kappa shape index (κ2) is 46.7. The van der Waals surface area contributed by atoms with Gasteiger partial charge in [0.1, 0.15) is 0 Å². The first-order valence-electron chi connectivity index (χ1n) is 53.2. The molecule has 0 unspecified atom stereocenters. The summed E-state index contributed by atoms with van der Waals surface area (Å²) in [6, 6.07) is 109. The van der Waals surface area contributed by atoms with Crippen LogP contribution < -0.4 is 19.6 Å². The lowest BCUT2D eigenvalue weighted by atomic mass is 10.0. The first-order chi connectivity index (χ1) is 71.2. The Kier molecular flexibility index (Phi) is 31.4. The van der Waals surface area contributed by atoms with E-state index in [9.17, 15) is 0 Å². The fourth-order valence-electron chi connectivity index (χ4n) is 21.2. The molecule has 8 bridgehead atoms. The molecule has 0 amide bonds. The van der Waals surface area contributed by atoms with Crippen LogP contribution in [0.25, 0.3) is 139 Å². The number of aromatic nitrogens is 4. The van der Waals surface area contributed by atoms with Crippen LogP contribution in [0.5, 0.6) is 0 Å². The van der Waals surface area contributed by atoms with Gasteiger partial charge < -0.3 is 29.6 Å². The van der Waals surface area contributed by atoms with E-state index in [1.807, 2.05) is 47.0 Å². The molecule has 6 aliphatic rings. The molecule has 8 nitrogen and oxygen atoms in total. The Morgan fingerprint density at radius 2 is 0.396 bits per heavy atom. The number of hydrogen-bond acceptors (Lipinski definition) is 10. The summed E-state index contributed by atoms with van der Waals surface area (Å²) in [5.74, 6) is 0. The van der Waals surface area contributed by atoms with Crippen molar-refractivity contribution in [3.05, 3.63) is 358 Å². The number of anilines is 8. The van der Waals surface area contributed by atoms with Gasteiger partial charge in [0.25, 0.3) is 0 Å². The van der Waals surface area contributed by atoms with Crippen LogP contribution in [-0.4, -0.2) is 46.1 Å².